The molecule has 0 saturated carbocycles. The Balaban J connectivity index is 2.34. The van der Waals surface area contributed by atoms with Crippen molar-refractivity contribution < 1.29 is 4.39 Å². The number of aromatic nitrogens is 2. The number of fused-ring (bicyclic) bond motifs is 1. The van der Waals surface area contributed by atoms with Gasteiger partial charge in [0, 0.05) is 18.8 Å². The number of alkyl halides is 1. The first-order valence-corrected chi connectivity index (χ1v) is 8.43. The average molecular weight is 311 g/mol. The lowest BCUT2D eigenvalue weighted by Gasteiger charge is -2.17. The Bertz CT molecular complexity index is 579. The lowest BCUT2D eigenvalue weighted by Crippen LogP contribution is -2.13. The number of unbranched alkanes of at least 4 members (excludes halogenated alkanes) is 1. The molecule has 4 heteroatoms. The summed E-state index contributed by atoms with van der Waals surface area (Å²) in [7, 11) is 0. The molecule has 1 heterocycles. The number of rotatable bonds is 8. The van der Waals surface area contributed by atoms with Crippen LogP contribution >= 0.6 is 11.6 Å². The largest absolute Gasteiger partial charge is 0.328 e. The Morgan fingerprint density at radius 2 is 2.14 bits per heavy atom. The highest BCUT2D eigenvalue weighted by molar-refractivity contribution is 6.17. The van der Waals surface area contributed by atoms with E-state index in [-0.39, 0.29) is 5.82 Å². The fourth-order valence-corrected chi connectivity index (χ4v) is 2.97. The molecular formula is C17H24ClFN2. The number of benzene rings is 1. The van der Waals surface area contributed by atoms with Gasteiger partial charge in [-0.15, -0.1) is 11.6 Å². The SMILES string of the molecule is CCCCC(CC)Cn1c(CCCl)nc2ccc(F)cc21. The van der Waals surface area contributed by atoms with Gasteiger partial charge in [0.15, 0.2) is 0 Å². The summed E-state index contributed by atoms with van der Waals surface area (Å²) >= 11 is 5.89. The second kappa shape index (κ2) is 7.79. The van der Waals surface area contributed by atoms with Gasteiger partial charge in [-0.05, 0) is 30.5 Å². The van der Waals surface area contributed by atoms with E-state index >= 15 is 0 Å². The molecule has 1 unspecified atom stereocenters. The fraction of sp³-hybridized carbons (Fsp3) is 0.588. The molecule has 1 aromatic heterocycles. The third-order valence-electron chi connectivity index (χ3n) is 4.09. The van der Waals surface area contributed by atoms with E-state index in [1.807, 2.05) is 0 Å². The Morgan fingerprint density at radius 1 is 1.33 bits per heavy atom. The molecule has 0 radical (unpaired) electrons. The van der Waals surface area contributed by atoms with Crippen LogP contribution in [-0.4, -0.2) is 15.4 Å². The molecule has 0 amide bonds. The fourth-order valence-electron chi connectivity index (χ4n) is 2.80. The monoisotopic (exact) mass is 310 g/mol. The molecular weight excluding hydrogens is 287 g/mol. The van der Waals surface area contributed by atoms with Gasteiger partial charge in [-0.1, -0.05) is 33.1 Å². The molecule has 0 aliphatic carbocycles. The van der Waals surface area contributed by atoms with Crippen molar-refractivity contribution in [3.05, 3.63) is 29.8 Å². The number of hydrogen-bond acceptors (Lipinski definition) is 1. The zero-order valence-corrected chi connectivity index (χ0v) is 13.7. The summed E-state index contributed by atoms with van der Waals surface area (Å²) in [5.74, 6) is 1.92. The minimum absolute atomic E-state index is 0.206. The van der Waals surface area contributed by atoms with Crippen molar-refractivity contribution in [2.75, 3.05) is 5.88 Å². The molecule has 0 aliphatic rings. The molecule has 21 heavy (non-hydrogen) atoms. The first-order chi connectivity index (χ1) is 10.2. The van der Waals surface area contributed by atoms with Crippen LogP contribution in [0.1, 0.15) is 45.4 Å². The van der Waals surface area contributed by atoms with Crippen LogP contribution in [0.5, 0.6) is 0 Å². The van der Waals surface area contributed by atoms with Gasteiger partial charge < -0.3 is 4.57 Å². The number of halogens is 2. The molecule has 0 saturated heterocycles. The smallest absolute Gasteiger partial charge is 0.125 e. The summed E-state index contributed by atoms with van der Waals surface area (Å²) in [5, 5.41) is 0. The third kappa shape index (κ3) is 3.97. The van der Waals surface area contributed by atoms with Crippen molar-refractivity contribution in [3.8, 4) is 0 Å². The summed E-state index contributed by atoms with van der Waals surface area (Å²) in [6.07, 6.45) is 5.52. The van der Waals surface area contributed by atoms with E-state index in [9.17, 15) is 4.39 Å². The highest BCUT2D eigenvalue weighted by Crippen LogP contribution is 2.23. The standard InChI is InChI=1S/C17H24ClFN2/c1-3-5-6-13(4-2)12-21-16-11-14(19)7-8-15(16)20-17(21)9-10-18/h7-8,11,13H,3-6,9-10,12H2,1-2H3. The second-order valence-corrected chi connectivity index (χ2v) is 6.01. The van der Waals surface area contributed by atoms with Crippen LogP contribution in [0.4, 0.5) is 4.39 Å². The van der Waals surface area contributed by atoms with Crippen molar-refractivity contribution in [2.24, 2.45) is 5.92 Å². The van der Waals surface area contributed by atoms with Gasteiger partial charge in [-0.25, -0.2) is 9.37 Å². The van der Waals surface area contributed by atoms with Crippen molar-refractivity contribution in [1.29, 1.82) is 0 Å². The van der Waals surface area contributed by atoms with Gasteiger partial charge in [0.1, 0.15) is 11.6 Å². The summed E-state index contributed by atoms with van der Waals surface area (Å²) < 4.78 is 15.7. The van der Waals surface area contributed by atoms with Crippen molar-refractivity contribution in [2.45, 2.75) is 52.5 Å². The maximum Gasteiger partial charge on any atom is 0.125 e. The highest BCUT2D eigenvalue weighted by Gasteiger charge is 2.15. The van der Waals surface area contributed by atoms with E-state index in [1.165, 1.54) is 25.3 Å². The third-order valence-corrected chi connectivity index (χ3v) is 4.28. The average Bonchev–Trinajstić information content (AvgIpc) is 2.81. The zero-order chi connectivity index (χ0) is 15.2. The van der Waals surface area contributed by atoms with Crippen LogP contribution in [0.3, 0.4) is 0 Å². The van der Waals surface area contributed by atoms with Gasteiger partial charge in [0.2, 0.25) is 0 Å². The Kier molecular flexibility index (Phi) is 6.04. The minimum atomic E-state index is -0.206. The number of hydrogen-bond donors (Lipinski definition) is 0. The molecule has 2 rings (SSSR count). The lowest BCUT2D eigenvalue weighted by atomic mass is 9.99. The van der Waals surface area contributed by atoms with Gasteiger partial charge in [-0.2, -0.15) is 0 Å². The van der Waals surface area contributed by atoms with Gasteiger partial charge in [0.25, 0.3) is 0 Å². The Morgan fingerprint density at radius 3 is 2.81 bits per heavy atom. The quantitative estimate of drug-likeness (QED) is 0.615. The molecule has 0 spiro atoms. The van der Waals surface area contributed by atoms with E-state index in [0.29, 0.717) is 11.8 Å². The maximum absolute atomic E-state index is 13.6. The van der Waals surface area contributed by atoms with Crippen molar-refractivity contribution in [3.63, 3.8) is 0 Å². The summed E-state index contributed by atoms with van der Waals surface area (Å²) in [6.45, 7) is 5.34. The molecule has 2 nitrogen and oxygen atoms in total. The van der Waals surface area contributed by atoms with E-state index in [4.69, 9.17) is 11.6 Å². The summed E-state index contributed by atoms with van der Waals surface area (Å²) in [6, 6.07) is 4.82. The molecule has 0 fully saturated rings. The van der Waals surface area contributed by atoms with Gasteiger partial charge >= 0.3 is 0 Å². The normalized spacial score (nSPS) is 13.0. The van der Waals surface area contributed by atoms with Crippen LogP contribution in [0.15, 0.2) is 18.2 Å². The van der Waals surface area contributed by atoms with Crippen LogP contribution < -0.4 is 0 Å². The first-order valence-electron chi connectivity index (χ1n) is 7.90. The maximum atomic E-state index is 13.6. The molecule has 0 aliphatic heterocycles. The molecule has 2 aromatic rings. The highest BCUT2D eigenvalue weighted by atomic mass is 35.5. The van der Waals surface area contributed by atoms with E-state index < -0.39 is 0 Å². The van der Waals surface area contributed by atoms with Crippen LogP contribution in [-0.2, 0) is 13.0 Å². The van der Waals surface area contributed by atoms with Crippen molar-refractivity contribution in [1.82, 2.24) is 9.55 Å². The van der Waals surface area contributed by atoms with E-state index in [2.05, 4.69) is 23.4 Å². The first kappa shape index (κ1) is 16.3. The van der Waals surface area contributed by atoms with Crippen LogP contribution in [0.25, 0.3) is 11.0 Å². The molecule has 1 aromatic carbocycles. The minimum Gasteiger partial charge on any atom is -0.328 e. The number of aryl methyl sites for hydroxylation is 1. The molecule has 0 N–H and O–H groups in total. The number of imidazole rings is 1. The van der Waals surface area contributed by atoms with Gasteiger partial charge in [-0.3, -0.25) is 0 Å². The van der Waals surface area contributed by atoms with Crippen LogP contribution in [0, 0.1) is 11.7 Å². The Hall–Kier alpha value is -1.09. The topological polar surface area (TPSA) is 17.8 Å². The number of nitrogens with zero attached hydrogens (tertiary/aromatic N) is 2. The molecule has 0 bridgehead atoms. The Labute approximate surface area is 131 Å². The predicted molar refractivity (Wildman–Crippen MR) is 87.4 cm³/mol. The van der Waals surface area contributed by atoms with Gasteiger partial charge in [0.05, 0.1) is 11.0 Å². The summed E-state index contributed by atoms with van der Waals surface area (Å²) in [5.41, 5.74) is 1.76. The van der Waals surface area contributed by atoms with E-state index in [0.717, 1.165) is 36.2 Å². The molecule has 1 atom stereocenters. The predicted octanol–water partition coefficient (Wildman–Crippen LogP) is 5.17. The lowest BCUT2D eigenvalue weighted by molar-refractivity contribution is 0.390. The van der Waals surface area contributed by atoms with Crippen LogP contribution in [0.2, 0.25) is 0 Å². The summed E-state index contributed by atoms with van der Waals surface area (Å²) in [4.78, 5) is 4.62. The molecule has 116 valence electrons. The second-order valence-electron chi connectivity index (χ2n) is 5.63. The zero-order valence-electron chi connectivity index (χ0n) is 12.9. The van der Waals surface area contributed by atoms with E-state index in [1.54, 1.807) is 12.1 Å². The van der Waals surface area contributed by atoms with Crippen molar-refractivity contribution >= 4 is 22.6 Å².